The molecule has 1 unspecified atom stereocenters. The predicted molar refractivity (Wildman–Crippen MR) is 93.8 cm³/mol. The summed E-state index contributed by atoms with van der Waals surface area (Å²) in [5.74, 6) is 1.01. The predicted octanol–water partition coefficient (Wildman–Crippen LogP) is 1.71. The lowest BCUT2D eigenvalue weighted by atomic mass is 10.1. The lowest BCUT2D eigenvalue weighted by Crippen LogP contribution is -2.30. The van der Waals surface area contributed by atoms with E-state index in [9.17, 15) is 9.59 Å². The smallest absolute Gasteiger partial charge is 0.336 e. The van der Waals surface area contributed by atoms with Crippen molar-refractivity contribution in [1.29, 1.82) is 0 Å². The van der Waals surface area contributed by atoms with Gasteiger partial charge in [0.1, 0.15) is 11.3 Å². The maximum absolute atomic E-state index is 11.8. The van der Waals surface area contributed by atoms with Gasteiger partial charge in [-0.25, -0.2) is 4.79 Å². The molecule has 2 heterocycles. The fourth-order valence-electron chi connectivity index (χ4n) is 2.71. The van der Waals surface area contributed by atoms with Gasteiger partial charge in [-0.3, -0.25) is 4.79 Å². The number of halogens is 1. The van der Waals surface area contributed by atoms with Gasteiger partial charge >= 0.3 is 5.63 Å². The molecule has 1 aliphatic heterocycles. The van der Waals surface area contributed by atoms with Crippen molar-refractivity contribution in [3.8, 4) is 5.75 Å². The molecule has 2 N–H and O–H groups in total. The summed E-state index contributed by atoms with van der Waals surface area (Å²) in [7, 11) is 0. The van der Waals surface area contributed by atoms with Crippen molar-refractivity contribution in [2.45, 2.75) is 12.8 Å². The molecule has 7 heteroatoms. The molecule has 3 rings (SSSR count). The molecular weight excluding hydrogens is 332 g/mol. The molecular formula is C17H21ClN2O4. The number of nitrogens with one attached hydrogen (secondary N) is 2. The summed E-state index contributed by atoms with van der Waals surface area (Å²) in [5, 5.41) is 6.98. The van der Waals surface area contributed by atoms with Gasteiger partial charge in [-0.05, 0) is 50.0 Å². The highest BCUT2D eigenvalue weighted by molar-refractivity contribution is 5.85. The van der Waals surface area contributed by atoms with Crippen LogP contribution in [0.3, 0.4) is 0 Å². The van der Waals surface area contributed by atoms with Gasteiger partial charge < -0.3 is 19.8 Å². The van der Waals surface area contributed by atoms with Gasteiger partial charge in [0.15, 0.2) is 6.61 Å². The van der Waals surface area contributed by atoms with Crippen LogP contribution in [0.2, 0.25) is 0 Å². The summed E-state index contributed by atoms with van der Waals surface area (Å²) in [6, 6.07) is 8.22. The molecule has 0 bridgehead atoms. The second-order valence-corrected chi connectivity index (χ2v) is 5.74. The Morgan fingerprint density at radius 3 is 2.96 bits per heavy atom. The quantitative estimate of drug-likeness (QED) is 0.774. The van der Waals surface area contributed by atoms with Crippen molar-refractivity contribution >= 4 is 29.3 Å². The minimum Gasteiger partial charge on any atom is -0.484 e. The van der Waals surface area contributed by atoms with E-state index in [1.165, 1.54) is 12.5 Å². The molecule has 24 heavy (non-hydrogen) atoms. The maximum atomic E-state index is 11.8. The minimum atomic E-state index is -0.409. The first-order valence-electron chi connectivity index (χ1n) is 7.85. The third-order valence-electron chi connectivity index (χ3n) is 4.00. The number of amides is 1. The van der Waals surface area contributed by atoms with Crippen LogP contribution >= 0.6 is 12.4 Å². The van der Waals surface area contributed by atoms with Crippen molar-refractivity contribution < 1.29 is 13.9 Å². The summed E-state index contributed by atoms with van der Waals surface area (Å²) >= 11 is 0. The number of hydrogen-bond donors (Lipinski definition) is 2. The van der Waals surface area contributed by atoms with E-state index in [0.29, 0.717) is 23.8 Å². The standard InChI is InChI=1S/C17H20N2O4.ClH/c20-16(19-8-6-12-5-7-18-10-12)11-22-14-3-1-13-2-4-17(21)23-15(13)9-14;/h1-4,9,12,18H,5-8,10-11H2,(H,19,20);1H. The molecule has 130 valence electrons. The van der Waals surface area contributed by atoms with Crippen molar-refractivity contribution in [3.63, 3.8) is 0 Å². The molecule has 1 amide bonds. The Hall–Kier alpha value is -2.05. The molecule has 1 saturated heterocycles. The van der Waals surface area contributed by atoms with Crippen LogP contribution in [0.15, 0.2) is 39.5 Å². The number of rotatable bonds is 6. The van der Waals surface area contributed by atoms with Crippen molar-refractivity contribution in [2.75, 3.05) is 26.2 Å². The Morgan fingerprint density at radius 1 is 1.33 bits per heavy atom. The van der Waals surface area contributed by atoms with Gasteiger partial charge in [0.05, 0.1) is 0 Å². The van der Waals surface area contributed by atoms with Crippen LogP contribution in [0.5, 0.6) is 5.75 Å². The van der Waals surface area contributed by atoms with Crippen LogP contribution in [-0.2, 0) is 4.79 Å². The molecule has 0 spiro atoms. The Balaban J connectivity index is 0.00000208. The van der Waals surface area contributed by atoms with Gasteiger partial charge in [0.25, 0.3) is 5.91 Å². The average molecular weight is 353 g/mol. The Morgan fingerprint density at radius 2 is 2.17 bits per heavy atom. The zero-order valence-electron chi connectivity index (χ0n) is 13.2. The van der Waals surface area contributed by atoms with E-state index in [0.717, 1.165) is 24.9 Å². The van der Waals surface area contributed by atoms with Gasteiger partial charge in [-0.15, -0.1) is 12.4 Å². The molecule has 1 fully saturated rings. The molecule has 1 aromatic carbocycles. The summed E-state index contributed by atoms with van der Waals surface area (Å²) in [6.45, 7) is 2.72. The molecule has 0 aliphatic carbocycles. The SMILES string of the molecule is Cl.O=C(COc1ccc2ccc(=O)oc2c1)NCCC1CCNC1. The lowest BCUT2D eigenvalue weighted by molar-refractivity contribution is -0.123. The van der Waals surface area contributed by atoms with Gasteiger partial charge in [-0.2, -0.15) is 0 Å². The van der Waals surface area contributed by atoms with Crippen LogP contribution in [0.1, 0.15) is 12.8 Å². The van der Waals surface area contributed by atoms with Gasteiger partial charge in [-0.1, -0.05) is 0 Å². The number of benzene rings is 1. The third kappa shape index (κ3) is 4.97. The van der Waals surface area contributed by atoms with Crippen LogP contribution in [0.4, 0.5) is 0 Å². The second kappa shape index (κ2) is 8.70. The zero-order valence-corrected chi connectivity index (χ0v) is 14.1. The molecule has 1 aromatic heterocycles. The summed E-state index contributed by atoms with van der Waals surface area (Å²) in [4.78, 5) is 23.0. The number of carbonyl (C=O) groups is 1. The van der Waals surface area contributed by atoms with E-state index >= 15 is 0 Å². The summed E-state index contributed by atoms with van der Waals surface area (Å²) < 4.78 is 10.5. The maximum Gasteiger partial charge on any atom is 0.336 e. The van der Waals surface area contributed by atoms with Crippen LogP contribution in [0, 0.1) is 5.92 Å². The first-order valence-corrected chi connectivity index (χ1v) is 7.85. The van der Waals surface area contributed by atoms with Gasteiger partial charge in [0.2, 0.25) is 0 Å². The molecule has 0 radical (unpaired) electrons. The summed E-state index contributed by atoms with van der Waals surface area (Å²) in [5.41, 5.74) is 0.0398. The molecule has 1 aliphatic rings. The number of hydrogen-bond acceptors (Lipinski definition) is 5. The number of carbonyl (C=O) groups excluding carboxylic acids is 1. The Labute approximate surface area is 146 Å². The van der Waals surface area contributed by atoms with Crippen molar-refractivity contribution in [1.82, 2.24) is 10.6 Å². The first-order chi connectivity index (χ1) is 11.2. The topological polar surface area (TPSA) is 80.6 Å². The average Bonchev–Trinajstić information content (AvgIpc) is 3.06. The van der Waals surface area contributed by atoms with Gasteiger partial charge in [0, 0.05) is 24.1 Å². The third-order valence-corrected chi connectivity index (χ3v) is 4.00. The number of ether oxygens (including phenoxy) is 1. The first kappa shape index (κ1) is 18.3. The fraction of sp³-hybridized carbons (Fsp3) is 0.412. The molecule has 0 saturated carbocycles. The largest absolute Gasteiger partial charge is 0.484 e. The van der Waals surface area contributed by atoms with Crippen LogP contribution in [-0.4, -0.2) is 32.1 Å². The highest BCUT2D eigenvalue weighted by atomic mass is 35.5. The van der Waals surface area contributed by atoms with E-state index < -0.39 is 5.63 Å². The Bertz CT molecular complexity index is 741. The van der Waals surface area contributed by atoms with Crippen LogP contribution < -0.4 is 21.0 Å². The highest BCUT2D eigenvalue weighted by Gasteiger charge is 2.14. The summed E-state index contributed by atoms with van der Waals surface area (Å²) in [6.07, 6.45) is 2.16. The minimum absolute atomic E-state index is 0. The monoisotopic (exact) mass is 352 g/mol. The normalized spacial score (nSPS) is 16.6. The fourth-order valence-corrected chi connectivity index (χ4v) is 2.71. The molecule has 2 aromatic rings. The van der Waals surface area contributed by atoms with E-state index in [2.05, 4.69) is 10.6 Å². The highest BCUT2D eigenvalue weighted by Crippen LogP contribution is 2.19. The number of fused-ring (bicyclic) bond motifs is 1. The van der Waals surface area contributed by atoms with E-state index in [1.54, 1.807) is 24.3 Å². The lowest BCUT2D eigenvalue weighted by Gasteiger charge is -2.10. The van der Waals surface area contributed by atoms with Crippen LogP contribution in [0.25, 0.3) is 11.0 Å². The second-order valence-electron chi connectivity index (χ2n) is 5.74. The van der Waals surface area contributed by atoms with E-state index in [1.807, 2.05) is 0 Å². The molecule has 1 atom stereocenters. The Kier molecular flexibility index (Phi) is 6.63. The van der Waals surface area contributed by atoms with Crippen molar-refractivity contribution in [2.24, 2.45) is 5.92 Å². The van der Waals surface area contributed by atoms with E-state index in [4.69, 9.17) is 9.15 Å². The zero-order chi connectivity index (χ0) is 16.1. The molecule has 6 nitrogen and oxygen atoms in total. The van der Waals surface area contributed by atoms with Crippen molar-refractivity contribution in [3.05, 3.63) is 40.8 Å². The van der Waals surface area contributed by atoms with E-state index in [-0.39, 0.29) is 24.9 Å².